The SMILES string of the molecule is Cc1nc(C(=O)N2CCC(C)CC2)cc(N2CCCCCC2)n1. The first-order valence-corrected chi connectivity index (χ1v) is 9.03. The second-order valence-electron chi connectivity index (χ2n) is 7.03. The molecule has 3 heterocycles. The maximum atomic E-state index is 12.8. The van der Waals surface area contributed by atoms with E-state index < -0.39 is 0 Å². The molecule has 0 aliphatic carbocycles. The van der Waals surface area contributed by atoms with Crippen LogP contribution in [0.4, 0.5) is 5.82 Å². The molecule has 5 heteroatoms. The third-order valence-corrected chi connectivity index (χ3v) is 5.04. The molecule has 1 aromatic heterocycles. The summed E-state index contributed by atoms with van der Waals surface area (Å²) in [5.41, 5.74) is 0.561. The average Bonchev–Trinajstić information content (AvgIpc) is 2.83. The number of carbonyl (C=O) groups is 1. The Morgan fingerprint density at radius 3 is 2.35 bits per heavy atom. The largest absolute Gasteiger partial charge is 0.356 e. The highest BCUT2D eigenvalue weighted by Crippen LogP contribution is 2.21. The van der Waals surface area contributed by atoms with Crippen molar-refractivity contribution in [3.8, 4) is 0 Å². The molecular formula is C18H28N4O. The Bertz CT molecular complexity index is 544. The predicted molar refractivity (Wildman–Crippen MR) is 91.8 cm³/mol. The van der Waals surface area contributed by atoms with Gasteiger partial charge in [0.25, 0.3) is 5.91 Å². The monoisotopic (exact) mass is 316 g/mol. The molecule has 0 spiro atoms. The summed E-state index contributed by atoms with van der Waals surface area (Å²) in [6.45, 7) is 7.91. The summed E-state index contributed by atoms with van der Waals surface area (Å²) >= 11 is 0. The van der Waals surface area contributed by atoms with E-state index in [0.29, 0.717) is 11.5 Å². The summed E-state index contributed by atoms with van der Waals surface area (Å²) in [5.74, 6) is 2.41. The molecule has 0 aromatic carbocycles. The molecule has 2 fully saturated rings. The Balaban J connectivity index is 1.78. The molecule has 0 unspecified atom stereocenters. The average molecular weight is 316 g/mol. The van der Waals surface area contributed by atoms with Gasteiger partial charge in [-0.1, -0.05) is 19.8 Å². The van der Waals surface area contributed by atoms with Crippen LogP contribution in [0.5, 0.6) is 0 Å². The number of rotatable bonds is 2. The first kappa shape index (κ1) is 16.2. The van der Waals surface area contributed by atoms with Crippen molar-refractivity contribution in [1.29, 1.82) is 0 Å². The first-order chi connectivity index (χ1) is 11.1. The lowest BCUT2D eigenvalue weighted by Crippen LogP contribution is -2.38. The zero-order valence-electron chi connectivity index (χ0n) is 14.4. The van der Waals surface area contributed by atoms with Gasteiger partial charge in [-0.05, 0) is 38.5 Å². The first-order valence-electron chi connectivity index (χ1n) is 9.03. The zero-order valence-corrected chi connectivity index (χ0v) is 14.4. The Morgan fingerprint density at radius 1 is 1.04 bits per heavy atom. The molecule has 0 atom stereocenters. The Morgan fingerprint density at radius 2 is 1.70 bits per heavy atom. The van der Waals surface area contributed by atoms with E-state index in [4.69, 9.17) is 0 Å². The molecule has 5 nitrogen and oxygen atoms in total. The van der Waals surface area contributed by atoms with E-state index >= 15 is 0 Å². The van der Waals surface area contributed by atoms with Gasteiger partial charge in [-0.3, -0.25) is 4.79 Å². The molecule has 1 aromatic rings. The van der Waals surface area contributed by atoms with Gasteiger partial charge in [0, 0.05) is 32.2 Å². The molecule has 0 saturated carbocycles. The number of hydrogen-bond donors (Lipinski definition) is 0. The van der Waals surface area contributed by atoms with Crippen molar-refractivity contribution < 1.29 is 4.79 Å². The molecule has 1 amide bonds. The van der Waals surface area contributed by atoms with Crippen LogP contribution in [0.15, 0.2) is 6.07 Å². The van der Waals surface area contributed by atoms with Crippen LogP contribution >= 0.6 is 0 Å². The summed E-state index contributed by atoms with van der Waals surface area (Å²) in [6, 6.07) is 1.90. The quantitative estimate of drug-likeness (QED) is 0.841. The number of amides is 1. The van der Waals surface area contributed by atoms with Crippen molar-refractivity contribution in [2.24, 2.45) is 5.92 Å². The second-order valence-corrected chi connectivity index (χ2v) is 7.03. The molecule has 2 saturated heterocycles. The van der Waals surface area contributed by atoms with Gasteiger partial charge in [-0.25, -0.2) is 9.97 Å². The van der Waals surface area contributed by atoms with Crippen molar-refractivity contribution in [2.45, 2.75) is 52.4 Å². The fourth-order valence-corrected chi connectivity index (χ4v) is 3.50. The number of nitrogens with zero attached hydrogens (tertiary/aromatic N) is 4. The lowest BCUT2D eigenvalue weighted by molar-refractivity contribution is 0.0691. The summed E-state index contributed by atoms with van der Waals surface area (Å²) in [6.07, 6.45) is 7.17. The van der Waals surface area contributed by atoms with E-state index in [1.165, 1.54) is 25.7 Å². The number of likely N-dealkylation sites (tertiary alicyclic amines) is 1. The molecule has 2 aliphatic rings. The van der Waals surface area contributed by atoms with Gasteiger partial charge in [0.1, 0.15) is 17.3 Å². The fraction of sp³-hybridized carbons (Fsp3) is 0.722. The lowest BCUT2D eigenvalue weighted by atomic mass is 9.99. The highest BCUT2D eigenvalue weighted by molar-refractivity contribution is 5.93. The topological polar surface area (TPSA) is 49.3 Å². The van der Waals surface area contributed by atoms with E-state index in [2.05, 4.69) is 21.8 Å². The van der Waals surface area contributed by atoms with Gasteiger partial charge in [-0.15, -0.1) is 0 Å². The van der Waals surface area contributed by atoms with Crippen molar-refractivity contribution in [1.82, 2.24) is 14.9 Å². The normalized spacial score (nSPS) is 20.4. The van der Waals surface area contributed by atoms with Crippen LogP contribution in [-0.4, -0.2) is 47.0 Å². The van der Waals surface area contributed by atoms with E-state index in [0.717, 1.165) is 50.8 Å². The third-order valence-electron chi connectivity index (χ3n) is 5.04. The summed E-state index contributed by atoms with van der Waals surface area (Å²) < 4.78 is 0. The van der Waals surface area contributed by atoms with Crippen LogP contribution in [0, 0.1) is 12.8 Å². The van der Waals surface area contributed by atoms with E-state index in [1.54, 1.807) is 0 Å². The molecule has 0 bridgehead atoms. The number of aromatic nitrogens is 2. The minimum absolute atomic E-state index is 0.0680. The Kier molecular flexibility index (Phi) is 5.13. The summed E-state index contributed by atoms with van der Waals surface area (Å²) in [5, 5.41) is 0. The van der Waals surface area contributed by atoms with Crippen LogP contribution in [0.25, 0.3) is 0 Å². The number of anilines is 1. The van der Waals surface area contributed by atoms with Gasteiger partial charge >= 0.3 is 0 Å². The number of hydrogen-bond acceptors (Lipinski definition) is 4. The van der Waals surface area contributed by atoms with Crippen LogP contribution in [0.1, 0.15) is 61.8 Å². The van der Waals surface area contributed by atoms with Crippen molar-refractivity contribution >= 4 is 11.7 Å². The summed E-state index contributed by atoms with van der Waals surface area (Å²) in [4.78, 5) is 26.0. The van der Waals surface area contributed by atoms with Crippen LogP contribution in [-0.2, 0) is 0 Å². The van der Waals surface area contributed by atoms with E-state index in [1.807, 2.05) is 17.9 Å². The minimum atomic E-state index is 0.0680. The molecule has 23 heavy (non-hydrogen) atoms. The Labute approximate surface area is 139 Å². The molecule has 0 radical (unpaired) electrons. The number of piperidine rings is 1. The van der Waals surface area contributed by atoms with Gasteiger partial charge in [0.15, 0.2) is 0 Å². The third kappa shape index (κ3) is 4.01. The van der Waals surface area contributed by atoms with Crippen LogP contribution in [0.3, 0.4) is 0 Å². The van der Waals surface area contributed by atoms with Crippen molar-refractivity contribution in [3.63, 3.8) is 0 Å². The number of carbonyl (C=O) groups excluding carboxylic acids is 1. The van der Waals surface area contributed by atoms with Gasteiger partial charge in [0.2, 0.25) is 0 Å². The van der Waals surface area contributed by atoms with Gasteiger partial charge in [0.05, 0.1) is 0 Å². The van der Waals surface area contributed by atoms with E-state index in [-0.39, 0.29) is 5.91 Å². The molecule has 3 rings (SSSR count). The standard InChI is InChI=1S/C18H28N4O/c1-14-7-11-22(12-8-14)18(23)16-13-17(20-15(2)19-16)21-9-5-3-4-6-10-21/h13-14H,3-12H2,1-2H3. The molecular weight excluding hydrogens is 288 g/mol. The highest BCUT2D eigenvalue weighted by Gasteiger charge is 2.24. The lowest BCUT2D eigenvalue weighted by Gasteiger charge is -2.30. The molecule has 2 aliphatic heterocycles. The smallest absolute Gasteiger partial charge is 0.272 e. The van der Waals surface area contributed by atoms with Gasteiger partial charge < -0.3 is 9.80 Å². The molecule has 126 valence electrons. The fourth-order valence-electron chi connectivity index (χ4n) is 3.50. The second kappa shape index (κ2) is 7.28. The molecule has 0 N–H and O–H groups in total. The minimum Gasteiger partial charge on any atom is -0.356 e. The van der Waals surface area contributed by atoms with Crippen molar-refractivity contribution in [2.75, 3.05) is 31.1 Å². The predicted octanol–water partition coefficient (Wildman–Crippen LogP) is 3.04. The number of aryl methyl sites for hydroxylation is 1. The maximum Gasteiger partial charge on any atom is 0.272 e. The van der Waals surface area contributed by atoms with Crippen LogP contribution in [0.2, 0.25) is 0 Å². The maximum absolute atomic E-state index is 12.8. The Hall–Kier alpha value is -1.65. The van der Waals surface area contributed by atoms with Crippen LogP contribution < -0.4 is 4.90 Å². The highest BCUT2D eigenvalue weighted by atomic mass is 16.2. The van der Waals surface area contributed by atoms with E-state index in [9.17, 15) is 4.79 Å². The zero-order chi connectivity index (χ0) is 16.2. The summed E-state index contributed by atoms with van der Waals surface area (Å²) in [7, 11) is 0. The van der Waals surface area contributed by atoms with Gasteiger partial charge in [-0.2, -0.15) is 0 Å². The van der Waals surface area contributed by atoms with Crippen molar-refractivity contribution in [3.05, 3.63) is 17.6 Å².